The fraction of sp³-hybridized carbons (Fsp3) is 0.455. The molecule has 4 rings (SSSR count). The van der Waals surface area contributed by atoms with Gasteiger partial charge in [-0.05, 0) is 41.2 Å². The van der Waals surface area contributed by atoms with Crippen molar-refractivity contribution in [1.29, 1.82) is 0 Å². The van der Waals surface area contributed by atoms with Crippen LogP contribution in [0.25, 0.3) is 0 Å². The van der Waals surface area contributed by atoms with E-state index in [0.717, 1.165) is 17.8 Å². The number of nitro benzene ring substituents is 1. The van der Waals surface area contributed by atoms with Gasteiger partial charge < -0.3 is 0 Å². The van der Waals surface area contributed by atoms with Crippen molar-refractivity contribution in [1.82, 2.24) is 0 Å². The molecule has 0 aromatic heterocycles. The van der Waals surface area contributed by atoms with E-state index in [1.54, 1.807) is 12.1 Å². The van der Waals surface area contributed by atoms with Gasteiger partial charge in [0, 0.05) is 12.1 Å². The van der Waals surface area contributed by atoms with Gasteiger partial charge in [-0.2, -0.15) is 0 Å². The van der Waals surface area contributed by atoms with Crippen LogP contribution in [0.5, 0.6) is 0 Å². The van der Waals surface area contributed by atoms with Crippen molar-refractivity contribution in [2.45, 2.75) is 18.3 Å². The Bertz CT molecular complexity index is 468. The second-order valence-corrected chi connectivity index (χ2v) is 4.68. The van der Waals surface area contributed by atoms with Gasteiger partial charge in [-0.15, -0.1) is 0 Å². The molecule has 0 heterocycles. The summed E-state index contributed by atoms with van der Waals surface area (Å²) in [6, 6.07) is 5.42. The highest BCUT2D eigenvalue weighted by molar-refractivity contribution is 5.55. The van der Waals surface area contributed by atoms with Crippen LogP contribution < -0.4 is 0 Å². The largest absolute Gasteiger partial charge is 0.269 e. The highest BCUT2D eigenvalue weighted by Gasteiger charge is 2.68. The first-order chi connectivity index (χ1) is 6.77. The van der Waals surface area contributed by atoms with Crippen LogP contribution in [0.2, 0.25) is 0 Å². The van der Waals surface area contributed by atoms with Gasteiger partial charge in [0.25, 0.3) is 5.69 Å². The Kier molecular flexibility index (Phi) is 0.923. The van der Waals surface area contributed by atoms with Gasteiger partial charge in [0.2, 0.25) is 0 Å². The average Bonchev–Trinajstić information content (AvgIpc) is 2.62. The van der Waals surface area contributed by atoms with Crippen molar-refractivity contribution in [3.05, 3.63) is 39.4 Å². The zero-order valence-electron chi connectivity index (χ0n) is 7.51. The topological polar surface area (TPSA) is 43.1 Å². The normalized spacial score (nSPS) is 39.7. The van der Waals surface area contributed by atoms with Crippen molar-refractivity contribution >= 4 is 5.69 Å². The van der Waals surface area contributed by atoms with Crippen LogP contribution in [0.15, 0.2) is 18.2 Å². The summed E-state index contributed by atoms with van der Waals surface area (Å²) < 4.78 is 0. The van der Waals surface area contributed by atoms with Gasteiger partial charge >= 0.3 is 0 Å². The van der Waals surface area contributed by atoms with Gasteiger partial charge in [0.1, 0.15) is 0 Å². The van der Waals surface area contributed by atoms with Gasteiger partial charge in [-0.25, -0.2) is 0 Å². The second kappa shape index (κ2) is 1.85. The molecule has 1 aromatic rings. The molecule has 0 radical (unpaired) electrons. The third-order valence-electron chi connectivity index (χ3n) is 4.26. The molecule has 0 amide bonds. The van der Waals surface area contributed by atoms with Crippen LogP contribution in [0.3, 0.4) is 0 Å². The Labute approximate surface area is 80.9 Å². The zero-order chi connectivity index (χ0) is 9.45. The van der Waals surface area contributed by atoms with E-state index in [9.17, 15) is 10.1 Å². The van der Waals surface area contributed by atoms with Crippen molar-refractivity contribution in [2.24, 2.45) is 11.8 Å². The quantitative estimate of drug-likeness (QED) is 0.500. The zero-order valence-corrected chi connectivity index (χ0v) is 7.51. The van der Waals surface area contributed by atoms with Gasteiger partial charge in [0.15, 0.2) is 0 Å². The molecule has 0 bridgehead atoms. The Morgan fingerprint density at radius 2 is 2.21 bits per heavy atom. The number of hydrogen-bond donors (Lipinski definition) is 0. The monoisotopic (exact) mass is 187 g/mol. The van der Waals surface area contributed by atoms with Crippen LogP contribution in [-0.4, -0.2) is 4.92 Å². The standard InChI is InChI=1S/C11H9NO2/c13-12(14)5-1-2-6-7(3-5)8-4-9-10(6)11(8)9/h1-3,8-11H,4H2/t8-,9+,10+,11-/m0/s1. The summed E-state index contributed by atoms with van der Waals surface area (Å²) in [6.07, 6.45) is 1.28. The van der Waals surface area contributed by atoms with Crippen LogP contribution in [0.4, 0.5) is 5.69 Å². The Hall–Kier alpha value is -1.38. The fourth-order valence-corrected chi connectivity index (χ4v) is 3.58. The summed E-state index contributed by atoms with van der Waals surface area (Å²) in [5.74, 6) is 3.25. The molecule has 0 aliphatic heterocycles. The van der Waals surface area contributed by atoms with E-state index in [-0.39, 0.29) is 10.6 Å². The lowest BCUT2D eigenvalue weighted by molar-refractivity contribution is -0.385. The number of rotatable bonds is 1. The first-order valence-corrected chi connectivity index (χ1v) is 5.05. The summed E-state index contributed by atoms with van der Waals surface area (Å²) in [4.78, 5) is 10.3. The molecule has 2 fully saturated rings. The van der Waals surface area contributed by atoms with Crippen LogP contribution in [0, 0.1) is 22.0 Å². The molecule has 3 aliphatic rings. The molecule has 1 aromatic carbocycles. The van der Waals surface area contributed by atoms with Crippen molar-refractivity contribution in [3.8, 4) is 0 Å². The molecule has 3 heteroatoms. The Morgan fingerprint density at radius 1 is 1.36 bits per heavy atom. The van der Waals surface area contributed by atoms with E-state index in [0.29, 0.717) is 5.92 Å². The summed E-state index contributed by atoms with van der Waals surface area (Å²) >= 11 is 0. The van der Waals surface area contributed by atoms with E-state index >= 15 is 0 Å². The molecule has 4 atom stereocenters. The lowest BCUT2D eigenvalue weighted by Crippen LogP contribution is -2.14. The molecule has 0 N–H and O–H groups in total. The second-order valence-electron chi connectivity index (χ2n) is 4.68. The van der Waals surface area contributed by atoms with E-state index < -0.39 is 0 Å². The summed E-state index contributed by atoms with van der Waals surface area (Å²) in [7, 11) is 0. The number of nitrogens with zero attached hydrogens (tertiary/aromatic N) is 1. The molecule has 14 heavy (non-hydrogen) atoms. The minimum atomic E-state index is -0.291. The molecule has 2 saturated carbocycles. The van der Waals surface area contributed by atoms with E-state index in [1.807, 2.05) is 6.07 Å². The molecule has 3 aliphatic carbocycles. The molecule has 0 saturated heterocycles. The number of fused-ring (bicyclic) bond motifs is 4. The number of hydrogen-bond acceptors (Lipinski definition) is 2. The molecule has 0 spiro atoms. The average molecular weight is 187 g/mol. The van der Waals surface area contributed by atoms with Crippen molar-refractivity contribution < 1.29 is 4.92 Å². The number of benzene rings is 1. The van der Waals surface area contributed by atoms with Gasteiger partial charge in [0.05, 0.1) is 4.92 Å². The summed E-state index contributed by atoms with van der Waals surface area (Å²) in [6.45, 7) is 0. The smallest absolute Gasteiger partial charge is 0.258 e. The van der Waals surface area contributed by atoms with Crippen LogP contribution in [0.1, 0.15) is 29.4 Å². The molecular weight excluding hydrogens is 178 g/mol. The van der Waals surface area contributed by atoms with Gasteiger partial charge in [-0.1, -0.05) is 6.07 Å². The van der Waals surface area contributed by atoms with Gasteiger partial charge in [-0.3, -0.25) is 10.1 Å². The maximum absolute atomic E-state index is 10.6. The minimum absolute atomic E-state index is 0.258. The van der Waals surface area contributed by atoms with E-state index in [2.05, 4.69) is 0 Å². The van der Waals surface area contributed by atoms with Crippen LogP contribution >= 0.6 is 0 Å². The number of nitro groups is 1. The van der Waals surface area contributed by atoms with Crippen LogP contribution in [-0.2, 0) is 0 Å². The molecular formula is C11H9NO2. The third kappa shape index (κ3) is 0.567. The first-order valence-electron chi connectivity index (χ1n) is 5.05. The summed E-state index contributed by atoms with van der Waals surface area (Å²) in [5.41, 5.74) is 2.94. The predicted molar refractivity (Wildman–Crippen MR) is 50.2 cm³/mol. The SMILES string of the molecule is O=[N+]([O-])c1ccc2c(c1)[C@@H]1C[C@@H]3[C@@H]2[C@H]31. The Balaban J connectivity index is 1.90. The van der Waals surface area contributed by atoms with Crippen molar-refractivity contribution in [3.63, 3.8) is 0 Å². The predicted octanol–water partition coefficient (Wildman–Crippen LogP) is 2.43. The molecule has 3 nitrogen and oxygen atoms in total. The first kappa shape index (κ1) is 6.98. The highest BCUT2D eigenvalue weighted by atomic mass is 16.6. The van der Waals surface area contributed by atoms with E-state index in [1.165, 1.54) is 17.5 Å². The van der Waals surface area contributed by atoms with E-state index in [4.69, 9.17) is 0 Å². The molecule has 0 unspecified atom stereocenters. The number of non-ortho nitro benzene ring substituents is 1. The minimum Gasteiger partial charge on any atom is -0.258 e. The summed E-state index contributed by atoms with van der Waals surface area (Å²) in [5, 5.41) is 10.6. The van der Waals surface area contributed by atoms with Crippen molar-refractivity contribution in [2.75, 3.05) is 0 Å². The fourth-order valence-electron chi connectivity index (χ4n) is 3.58. The lowest BCUT2D eigenvalue weighted by Gasteiger charge is -2.26. The maximum atomic E-state index is 10.6. The molecule has 70 valence electrons. The lowest BCUT2D eigenvalue weighted by atomic mass is 9.78. The highest BCUT2D eigenvalue weighted by Crippen LogP contribution is 2.78. The Morgan fingerprint density at radius 3 is 3.00 bits per heavy atom. The third-order valence-corrected chi connectivity index (χ3v) is 4.26. The maximum Gasteiger partial charge on any atom is 0.269 e.